The van der Waals surface area contributed by atoms with Crippen LogP contribution in [0, 0.1) is 0 Å². The van der Waals surface area contributed by atoms with Crippen molar-refractivity contribution >= 4 is 11.9 Å². The van der Waals surface area contributed by atoms with Crippen LogP contribution < -0.4 is 4.74 Å². The maximum atomic E-state index is 13.4. The minimum absolute atomic E-state index is 0.0647. The summed E-state index contributed by atoms with van der Waals surface area (Å²) in [6.07, 6.45) is 7.01. The summed E-state index contributed by atoms with van der Waals surface area (Å²) in [5, 5.41) is 11.4. The Morgan fingerprint density at radius 2 is 1.70 bits per heavy atom. The summed E-state index contributed by atoms with van der Waals surface area (Å²) in [4.78, 5) is 24.9. The molecule has 2 saturated heterocycles. The van der Waals surface area contributed by atoms with Crippen molar-refractivity contribution in [3.63, 3.8) is 0 Å². The number of rotatable bonds is 12. The monoisotopic (exact) mass is 552 g/mol. The smallest absolute Gasteiger partial charge is 0.354 e. The van der Waals surface area contributed by atoms with E-state index in [1.165, 1.54) is 18.1 Å². The second-order valence-corrected chi connectivity index (χ2v) is 11.0. The second-order valence-electron chi connectivity index (χ2n) is 11.0. The largest absolute Gasteiger partial charge is 0.494 e. The van der Waals surface area contributed by atoms with Gasteiger partial charge in [0, 0.05) is 37.7 Å². The number of quaternary nitrogens is 1. The molecule has 0 spiro atoms. The average molecular weight is 553 g/mol. The van der Waals surface area contributed by atoms with Crippen molar-refractivity contribution in [3.05, 3.63) is 78.1 Å². The van der Waals surface area contributed by atoms with Crippen LogP contribution in [0.1, 0.15) is 62.5 Å². The first-order valence-corrected chi connectivity index (χ1v) is 14.1. The van der Waals surface area contributed by atoms with Gasteiger partial charge in [-0.05, 0) is 49.7 Å². The van der Waals surface area contributed by atoms with E-state index >= 15 is 0 Å². The summed E-state index contributed by atoms with van der Waals surface area (Å²) in [7, 11) is 2.29. The van der Waals surface area contributed by atoms with Crippen molar-refractivity contribution in [3.8, 4) is 5.75 Å². The van der Waals surface area contributed by atoms with Crippen molar-refractivity contribution in [1.82, 2.24) is 0 Å². The van der Waals surface area contributed by atoms with E-state index < -0.39 is 11.6 Å². The Hall–Kier alpha value is -3.56. The molecule has 40 heavy (non-hydrogen) atoms. The van der Waals surface area contributed by atoms with Gasteiger partial charge in [-0.1, -0.05) is 12.1 Å². The van der Waals surface area contributed by atoms with Crippen LogP contribution in [0.25, 0.3) is 0 Å². The molecule has 2 aliphatic rings. The maximum absolute atomic E-state index is 13.4. The number of hydrogen-bond donors (Lipinski definition) is 1. The number of hydrogen-bond acceptors (Lipinski definition) is 8. The van der Waals surface area contributed by atoms with Crippen LogP contribution in [-0.4, -0.2) is 60.0 Å². The zero-order valence-electron chi connectivity index (χ0n) is 23.1. The Bertz CT molecular complexity index is 1220. The zero-order chi connectivity index (χ0) is 28.2. The number of ether oxygens (including phenoxy) is 3. The summed E-state index contributed by atoms with van der Waals surface area (Å²) in [5.41, 5.74) is -0.957. The van der Waals surface area contributed by atoms with E-state index in [9.17, 15) is 14.7 Å². The summed E-state index contributed by atoms with van der Waals surface area (Å²) >= 11 is 0. The lowest BCUT2D eigenvalue weighted by molar-refractivity contribution is -0.961. The number of carbonyl (C=O) groups excluding carboxylic acids is 2. The molecule has 9 heteroatoms. The minimum Gasteiger partial charge on any atom is -0.494 e. The summed E-state index contributed by atoms with van der Waals surface area (Å²) in [6.45, 7) is 3.49. The third-order valence-electron chi connectivity index (χ3n) is 8.42. The molecule has 4 atom stereocenters. The Labute approximate surface area is 234 Å². The van der Waals surface area contributed by atoms with Gasteiger partial charge in [-0.15, -0.1) is 0 Å². The van der Waals surface area contributed by atoms with Crippen LogP contribution in [0.2, 0.25) is 0 Å². The van der Waals surface area contributed by atoms with Crippen LogP contribution in [-0.2, 0) is 31.2 Å². The number of benzene rings is 1. The first-order valence-electron chi connectivity index (χ1n) is 14.1. The predicted molar refractivity (Wildman–Crippen MR) is 144 cm³/mol. The van der Waals surface area contributed by atoms with E-state index in [1.807, 2.05) is 12.1 Å². The Balaban J connectivity index is 1.20. The second kappa shape index (κ2) is 11.9. The van der Waals surface area contributed by atoms with Gasteiger partial charge in [-0.25, -0.2) is 4.79 Å². The van der Waals surface area contributed by atoms with E-state index in [0.29, 0.717) is 38.1 Å². The van der Waals surface area contributed by atoms with Crippen molar-refractivity contribution in [2.45, 2.75) is 75.8 Å². The molecule has 2 aliphatic heterocycles. The Morgan fingerprint density at radius 1 is 1.02 bits per heavy atom. The van der Waals surface area contributed by atoms with Gasteiger partial charge in [-0.2, -0.15) is 0 Å². The van der Waals surface area contributed by atoms with Gasteiger partial charge >= 0.3 is 11.9 Å². The lowest BCUT2D eigenvalue weighted by Gasteiger charge is -2.47. The molecule has 2 fully saturated rings. The van der Waals surface area contributed by atoms with Gasteiger partial charge < -0.3 is 32.6 Å². The molecule has 214 valence electrons. The standard InChI is InChI=1S/C31H38NO8/c1-3-36-29(33)12-7-15-37-25-9-4-8-22(18-25)21-32(2)23-13-14-24(32)20-26(19-23)40-30(34)31(35,27-10-5-16-38-27)28-11-6-17-39-28/h4-6,8-11,16-18,23-24,26,35H,3,7,12-15,19-21H2,1-2H3/q+1/t23-,24+,26?,32?. The molecule has 5 rings (SSSR count). The van der Waals surface area contributed by atoms with Crippen molar-refractivity contribution in [2.24, 2.45) is 0 Å². The predicted octanol–water partition coefficient (Wildman–Crippen LogP) is 4.71. The SMILES string of the molecule is CCOC(=O)CCCOc1cccc(C[N+]2(C)[C@@H]3CC[C@H]2CC(OC(=O)C(O)(c2ccco2)c2ccco2)C3)c1. The molecule has 9 nitrogen and oxygen atoms in total. The van der Waals surface area contributed by atoms with E-state index in [1.54, 1.807) is 31.2 Å². The molecule has 2 aromatic heterocycles. The number of nitrogens with zero attached hydrogens (tertiary/aromatic N) is 1. The maximum Gasteiger partial charge on any atom is 0.354 e. The van der Waals surface area contributed by atoms with Gasteiger partial charge in [-0.3, -0.25) is 4.79 Å². The lowest BCUT2D eigenvalue weighted by Crippen LogP contribution is -2.58. The van der Waals surface area contributed by atoms with Crippen molar-refractivity contribution < 1.29 is 42.2 Å². The third kappa shape index (κ3) is 5.67. The fourth-order valence-corrected chi connectivity index (χ4v) is 6.34. The summed E-state index contributed by atoms with van der Waals surface area (Å²) < 4.78 is 28.5. The first kappa shape index (κ1) is 28.0. The average Bonchev–Trinajstić information content (AvgIpc) is 3.69. The van der Waals surface area contributed by atoms with Crippen LogP contribution in [0.15, 0.2) is 69.9 Å². The van der Waals surface area contributed by atoms with Gasteiger partial charge in [0.05, 0.1) is 44.9 Å². The highest BCUT2D eigenvalue weighted by molar-refractivity contribution is 5.83. The van der Waals surface area contributed by atoms with Gasteiger partial charge in [0.15, 0.2) is 11.5 Å². The molecule has 0 radical (unpaired) electrons. The topological polar surface area (TPSA) is 108 Å². The molecule has 4 heterocycles. The van der Waals surface area contributed by atoms with Crippen molar-refractivity contribution in [1.29, 1.82) is 0 Å². The van der Waals surface area contributed by atoms with Gasteiger partial charge in [0.25, 0.3) is 5.60 Å². The van der Waals surface area contributed by atoms with Crippen LogP contribution in [0.3, 0.4) is 0 Å². The molecule has 2 bridgehead atoms. The summed E-state index contributed by atoms with van der Waals surface area (Å²) in [6, 6.07) is 15.1. The molecular formula is C31H38NO8+. The fraction of sp³-hybridized carbons (Fsp3) is 0.484. The number of furan rings is 2. The Kier molecular flexibility index (Phi) is 8.32. The number of carbonyl (C=O) groups is 2. The first-order chi connectivity index (χ1) is 19.3. The van der Waals surface area contributed by atoms with E-state index in [-0.39, 0.29) is 23.6 Å². The number of fused-ring (bicyclic) bond motifs is 2. The normalized spacial score (nSPS) is 24.0. The molecule has 1 N–H and O–H groups in total. The highest BCUT2D eigenvalue weighted by atomic mass is 16.6. The van der Waals surface area contributed by atoms with Crippen LogP contribution in [0.5, 0.6) is 5.75 Å². The lowest BCUT2D eigenvalue weighted by atomic mass is 9.94. The van der Waals surface area contributed by atoms with Crippen LogP contribution >= 0.6 is 0 Å². The quantitative estimate of drug-likeness (QED) is 0.196. The van der Waals surface area contributed by atoms with Crippen molar-refractivity contribution in [2.75, 3.05) is 20.3 Å². The van der Waals surface area contributed by atoms with Gasteiger partial charge in [0.2, 0.25) is 0 Å². The highest BCUT2D eigenvalue weighted by Crippen LogP contribution is 2.44. The number of aliphatic hydroxyl groups is 1. The molecule has 0 saturated carbocycles. The van der Waals surface area contributed by atoms with E-state index in [2.05, 4.69) is 19.2 Å². The molecule has 2 unspecified atom stereocenters. The molecule has 3 aromatic rings. The van der Waals surface area contributed by atoms with Crippen LogP contribution in [0.4, 0.5) is 0 Å². The molecule has 0 amide bonds. The zero-order valence-corrected chi connectivity index (χ0v) is 23.1. The number of piperidine rings is 1. The third-order valence-corrected chi connectivity index (χ3v) is 8.42. The molecular weight excluding hydrogens is 514 g/mol. The van der Waals surface area contributed by atoms with Gasteiger partial charge in [0.1, 0.15) is 18.4 Å². The number of esters is 2. The van der Waals surface area contributed by atoms with E-state index in [4.69, 9.17) is 23.0 Å². The van der Waals surface area contributed by atoms with E-state index in [0.717, 1.165) is 42.5 Å². The fourth-order valence-electron chi connectivity index (χ4n) is 6.34. The highest BCUT2D eigenvalue weighted by Gasteiger charge is 2.54. The molecule has 1 aromatic carbocycles. The Morgan fingerprint density at radius 3 is 2.30 bits per heavy atom. The molecule has 0 aliphatic carbocycles. The summed E-state index contributed by atoms with van der Waals surface area (Å²) in [5.74, 6) is -0.0666. The minimum atomic E-state index is -2.14.